The van der Waals surface area contributed by atoms with Crippen molar-refractivity contribution >= 4 is 23.2 Å². The second-order valence-corrected chi connectivity index (χ2v) is 8.79. The number of fused-ring (bicyclic) bond motifs is 1. The van der Waals surface area contributed by atoms with Gasteiger partial charge in [-0.25, -0.2) is 4.98 Å². The van der Waals surface area contributed by atoms with Gasteiger partial charge in [0.05, 0.1) is 18.3 Å². The van der Waals surface area contributed by atoms with E-state index < -0.39 is 5.54 Å². The molecule has 0 bridgehead atoms. The number of carbonyl (C=O) groups is 1. The quantitative estimate of drug-likeness (QED) is 0.787. The van der Waals surface area contributed by atoms with E-state index >= 15 is 0 Å². The van der Waals surface area contributed by atoms with Gasteiger partial charge < -0.3 is 15.5 Å². The Morgan fingerprint density at radius 3 is 2.83 bits per heavy atom. The number of aryl methyl sites for hydroxylation is 1. The van der Waals surface area contributed by atoms with Gasteiger partial charge in [-0.15, -0.1) is 0 Å². The van der Waals surface area contributed by atoms with E-state index in [1.54, 1.807) is 6.20 Å². The number of hydrogen-bond acceptors (Lipinski definition) is 4. The second-order valence-electron chi connectivity index (χ2n) is 8.79. The van der Waals surface area contributed by atoms with Crippen LogP contribution in [0.25, 0.3) is 0 Å². The number of anilines is 2. The van der Waals surface area contributed by atoms with E-state index in [2.05, 4.69) is 15.6 Å². The highest BCUT2D eigenvalue weighted by Crippen LogP contribution is 2.36. The zero-order valence-corrected chi connectivity index (χ0v) is 17.5. The molecule has 1 spiro atoms. The summed E-state index contributed by atoms with van der Waals surface area (Å²) >= 11 is 0. The molecule has 1 unspecified atom stereocenters. The number of rotatable bonds is 2. The number of nitrogens with one attached hydrogen (secondary N) is 2. The van der Waals surface area contributed by atoms with E-state index in [4.69, 9.17) is 4.99 Å². The Bertz CT molecular complexity index is 981. The summed E-state index contributed by atoms with van der Waals surface area (Å²) in [5.74, 6) is 1.87. The van der Waals surface area contributed by atoms with Crippen molar-refractivity contribution in [3.05, 3.63) is 53.7 Å². The fourth-order valence-corrected chi connectivity index (χ4v) is 5.03. The highest BCUT2D eigenvalue weighted by atomic mass is 16.2. The number of carbonyl (C=O) groups excluding carboxylic acids is 1. The monoisotopic (exact) mass is 403 g/mol. The van der Waals surface area contributed by atoms with Gasteiger partial charge in [-0.3, -0.25) is 9.79 Å². The van der Waals surface area contributed by atoms with E-state index in [-0.39, 0.29) is 5.91 Å². The number of aliphatic imine (C=N–C) groups is 1. The van der Waals surface area contributed by atoms with Gasteiger partial charge in [0, 0.05) is 18.3 Å². The van der Waals surface area contributed by atoms with Crippen LogP contribution in [0.5, 0.6) is 0 Å². The zero-order chi connectivity index (χ0) is 20.6. The van der Waals surface area contributed by atoms with Crippen molar-refractivity contribution in [3.8, 4) is 0 Å². The van der Waals surface area contributed by atoms with Gasteiger partial charge in [0.25, 0.3) is 5.91 Å². The van der Waals surface area contributed by atoms with Gasteiger partial charge in [0.1, 0.15) is 11.4 Å². The number of piperidine rings is 1. The molecule has 3 aliphatic rings. The fraction of sp³-hybridized carbons (Fsp3) is 0.458. The summed E-state index contributed by atoms with van der Waals surface area (Å²) in [4.78, 5) is 25.0. The number of likely N-dealkylation sites (tertiary alicyclic amines) is 1. The normalized spacial score (nSPS) is 25.1. The van der Waals surface area contributed by atoms with Gasteiger partial charge in [-0.1, -0.05) is 31.0 Å². The molecule has 0 radical (unpaired) electrons. The van der Waals surface area contributed by atoms with Crippen molar-refractivity contribution in [2.24, 2.45) is 4.99 Å². The number of amides is 1. The van der Waals surface area contributed by atoms with Crippen LogP contribution in [0.4, 0.5) is 11.5 Å². The van der Waals surface area contributed by atoms with Crippen molar-refractivity contribution < 1.29 is 4.79 Å². The van der Waals surface area contributed by atoms with Crippen LogP contribution in [0, 0.1) is 6.92 Å². The average molecular weight is 404 g/mol. The second kappa shape index (κ2) is 7.74. The third kappa shape index (κ3) is 3.44. The molecule has 2 N–H and O–H groups in total. The number of pyridine rings is 1. The molecule has 2 fully saturated rings. The molecule has 156 valence electrons. The first-order valence-electron chi connectivity index (χ1n) is 11.1. The smallest absolute Gasteiger partial charge is 0.254 e. The summed E-state index contributed by atoms with van der Waals surface area (Å²) in [5.41, 5.74) is 2.39. The van der Waals surface area contributed by atoms with E-state index in [0.29, 0.717) is 12.6 Å². The van der Waals surface area contributed by atoms with E-state index in [1.165, 1.54) is 12.8 Å². The van der Waals surface area contributed by atoms with Crippen LogP contribution < -0.4 is 10.6 Å². The number of nitrogens with zero attached hydrogens (tertiary/aromatic N) is 3. The van der Waals surface area contributed by atoms with E-state index in [9.17, 15) is 4.79 Å². The molecular formula is C24H29N5O. The Kier molecular flexibility index (Phi) is 4.93. The maximum Gasteiger partial charge on any atom is 0.254 e. The van der Waals surface area contributed by atoms with Gasteiger partial charge in [0.2, 0.25) is 0 Å². The van der Waals surface area contributed by atoms with Gasteiger partial charge in [0.15, 0.2) is 5.82 Å². The Balaban J connectivity index is 1.49. The van der Waals surface area contributed by atoms with Crippen molar-refractivity contribution in [1.82, 2.24) is 9.88 Å². The van der Waals surface area contributed by atoms with Gasteiger partial charge in [-0.2, -0.15) is 0 Å². The van der Waals surface area contributed by atoms with Crippen LogP contribution in [-0.4, -0.2) is 46.3 Å². The van der Waals surface area contributed by atoms with Crippen LogP contribution in [0.3, 0.4) is 0 Å². The van der Waals surface area contributed by atoms with Crippen LogP contribution in [0.15, 0.2) is 47.6 Å². The van der Waals surface area contributed by atoms with Crippen LogP contribution >= 0.6 is 0 Å². The third-order valence-electron chi connectivity index (χ3n) is 6.66. The Hall–Kier alpha value is -2.89. The molecule has 2 aliphatic heterocycles. The topological polar surface area (TPSA) is 69.6 Å². The maximum atomic E-state index is 13.4. The predicted molar refractivity (Wildman–Crippen MR) is 120 cm³/mol. The van der Waals surface area contributed by atoms with Gasteiger partial charge in [-0.05, 0) is 56.4 Å². The third-order valence-corrected chi connectivity index (χ3v) is 6.66. The number of hydrogen-bond donors (Lipinski definition) is 2. The van der Waals surface area contributed by atoms with E-state index in [1.807, 2.05) is 48.2 Å². The largest absolute Gasteiger partial charge is 0.368 e. The molecule has 1 amide bonds. The minimum atomic E-state index is -0.394. The van der Waals surface area contributed by atoms with Crippen molar-refractivity contribution in [1.29, 1.82) is 0 Å². The Morgan fingerprint density at radius 2 is 2.00 bits per heavy atom. The lowest BCUT2D eigenvalue weighted by atomic mass is 9.85. The molecule has 6 heteroatoms. The fourth-order valence-electron chi connectivity index (χ4n) is 5.03. The molecule has 6 nitrogen and oxygen atoms in total. The Labute approximate surface area is 177 Å². The predicted octanol–water partition coefficient (Wildman–Crippen LogP) is 4.24. The molecule has 1 saturated carbocycles. The lowest BCUT2D eigenvalue weighted by Gasteiger charge is -2.47. The SMILES string of the molecule is Cc1ccccc1C(=O)N1CCCC2(C1)Nc1cccnc1NC2=NC1CCCC1. The lowest BCUT2D eigenvalue weighted by molar-refractivity contribution is 0.0693. The highest BCUT2D eigenvalue weighted by molar-refractivity contribution is 6.09. The first-order valence-corrected chi connectivity index (χ1v) is 11.1. The maximum absolute atomic E-state index is 13.4. The molecule has 1 aromatic heterocycles. The molecule has 1 atom stereocenters. The molecule has 1 aromatic carbocycles. The van der Waals surface area contributed by atoms with Crippen LogP contribution in [0.2, 0.25) is 0 Å². The molecule has 3 heterocycles. The number of aromatic nitrogens is 1. The molecule has 1 saturated heterocycles. The summed E-state index contributed by atoms with van der Waals surface area (Å²) in [5, 5.41) is 7.27. The molecule has 5 rings (SSSR count). The Morgan fingerprint density at radius 1 is 1.17 bits per heavy atom. The summed E-state index contributed by atoms with van der Waals surface area (Å²) in [7, 11) is 0. The summed E-state index contributed by atoms with van der Waals surface area (Å²) in [6.45, 7) is 3.38. The summed E-state index contributed by atoms with van der Waals surface area (Å²) in [6.07, 6.45) is 8.45. The van der Waals surface area contributed by atoms with Gasteiger partial charge >= 0.3 is 0 Å². The van der Waals surface area contributed by atoms with Crippen molar-refractivity contribution in [2.75, 3.05) is 23.7 Å². The molecular weight excluding hydrogens is 374 g/mol. The first-order chi connectivity index (χ1) is 14.6. The molecule has 30 heavy (non-hydrogen) atoms. The highest BCUT2D eigenvalue weighted by Gasteiger charge is 2.45. The molecule has 1 aliphatic carbocycles. The summed E-state index contributed by atoms with van der Waals surface area (Å²) in [6, 6.07) is 12.2. The van der Waals surface area contributed by atoms with Crippen molar-refractivity contribution in [3.63, 3.8) is 0 Å². The lowest BCUT2D eigenvalue weighted by Crippen LogP contribution is -2.62. The molecule has 2 aromatic rings. The van der Waals surface area contributed by atoms with Crippen LogP contribution in [-0.2, 0) is 0 Å². The number of benzene rings is 1. The first kappa shape index (κ1) is 19.1. The summed E-state index contributed by atoms with van der Waals surface area (Å²) < 4.78 is 0. The minimum Gasteiger partial charge on any atom is -0.368 e. The standard InChI is InChI=1S/C24H29N5O/c1-17-8-2-5-11-19(17)22(30)29-15-7-13-24(16-29)23(26-18-9-3-4-10-18)27-21-20(28-24)12-6-14-25-21/h2,5-6,8,11-12,14,18,28H,3-4,7,9-10,13,15-16H2,1H3,(H,25,26,27). The average Bonchev–Trinajstić information content (AvgIpc) is 3.28. The van der Waals surface area contributed by atoms with Crippen LogP contribution in [0.1, 0.15) is 54.4 Å². The number of amidine groups is 1. The van der Waals surface area contributed by atoms with Crippen molar-refractivity contribution in [2.45, 2.75) is 57.0 Å². The minimum absolute atomic E-state index is 0.103. The zero-order valence-electron chi connectivity index (χ0n) is 17.5. The van der Waals surface area contributed by atoms with E-state index in [0.717, 1.165) is 60.7 Å².